The Morgan fingerprint density at radius 1 is 1.23 bits per heavy atom. The van der Waals surface area contributed by atoms with Gasteiger partial charge in [0.2, 0.25) is 0 Å². The van der Waals surface area contributed by atoms with Gasteiger partial charge in [0.05, 0.1) is 30.4 Å². The summed E-state index contributed by atoms with van der Waals surface area (Å²) in [5, 5.41) is 22.6. The third-order valence-corrected chi connectivity index (χ3v) is 5.41. The van der Waals surface area contributed by atoms with E-state index in [9.17, 15) is 14.3 Å². The van der Waals surface area contributed by atoms with Crippen molar-refractivity contribution in [3.63, 3.8) is 0 Å². The highest BCUT2D eigenvalue weighted by Crippen LogP contribution is 2.40. The average Bonchev–Trinajstić information content (AvgIpc) is 3.39. The minimum atomic E-state index is -1.12. The number of anilines is 2. The normalized spacial score (nSPS) is 12.6. The maximum atomic E-state index is 14.8. The topological polar surface area (TPSA) is 106 Å². The second-order valence-corrected chi connectivity index (χ2v) is 7.19. The van der Waals surface area contributed by atoms with Crippen molar-refractivity contribution in [1.82, 2.24) is 25.0 Å². The predicted octanol–water partition coefficient (Wildman–Crippen LogP) is 2.97. The number of halogens is 1. The zero-order valence-corrected chi connectivity index (χ0v) is 16.7. The van der Waals surface area contributed by atoms with Crippen molar-refractivity contribution in [2.24, 2.45) is 7.05 Å². The van der Waals surface area contributed by atoms with Crippen LogP contribution in [-0.2, 0) is 13.5 Å². The standard InChI is InChI=1S/C21H17FN6O3/c1-27(19-11-5-6-31-18(11)4-3-15(19)22)20-14-10-25-24-9-12(14)13(8-23-20)17-7-16(21(29)30)26-28(17)2/h3-4,7-10H,5-6H2,1-2H3,(H,29,30). The van der Waals surface area contributed by atoms with Crippen LogP contribution < -0.4 is 9.64 Å². The second kappa shape index (κ2) is 7.01. The second-order valence-electron chi connectivity index (χ2n) is 7.19. The van der Waals surface area contributed by atoms with E-state index in [0.717, 1.165) is 5.56 Å². The number of carboxylic acid groups (broad SMARTS) is 1. The van der Waals surface area contributed by atoms with E-state index in [1.165, 1.54) is 16.8 Å². The van der Waals surface area contributed by atoms with E-state index in [0.29, 0.717) is 52.3 Å². The number of rotatable bonds is 4. The first-order valence-electron chi connectivity index (χ1n) is 9.50. The van der Waals surface area contributed by atoms with Crippen LogP contribution in [0.4, 0.5) is 15.9 Å². The summed E-state index contributed by atoms with van der Waals surface area (Å²) in [7, 11) is 3.40. The lowest BCUT2D eigenvalue weighted by atomic mass is 10.1. The fraction of sp³-hybridized carbons (Fsp3) is 0.190. The molecule has 1 aliphatic heterocycles. The van der Waals surface area contributed by atoms with Crippen molar-refractivity contribution in [3.05, 3.63) is 53.9 Å². The van der Waals surface area contributed by atoms with E-state index < -0.39 is 5.97 Å². The molecule has 4 heterocycles. The van der Waals surface area contributed by atoms with Crippen LogP contribution >= 0.6 is 0 Å². The van der Waals surface area contributed by atoms with Crippen LogP contribution in [0.2, 0.25) is 0 Å². The summed E-state index contributed by atoms with van der Waals surface area (Å²) in [5.74, 6) is -0.329. The summed E-state index contributed by atoms with van der Waals surface area (Å²) < 4.78 is 21.9. The number of benzene rings is 1. The largest absolute Gasteiger partial charge is 0.493 e. The Bertz CT molecular complexity index is 1350. The molecule has 1 N–H and O–H groups in total. The Balaban J connectivity index is 1.69. The molecule has 10 heteroatoms. The maximum absolute atomic E-state index is 14.8. The number of hydrogen-bond acceptors (Lipinski definition) is 7. The molecule has 5 rings (SSSR count). The lowest BCUT2D eigenvalue weighted by Crippen LogP contribution is -2.15. The van der Waals surface area contributed by atoms with E-state index >= 15 is 0 Å². The Hall–Kier alpha value is -4.08. The van der Waals surface area contributed by atoms with Gasteiger partial charge in [0.1, 0.15) is 17.4 Å². The number of pyridine rings is 1. The lowest BCUT2D eigenvalue weighted by molar-refractivity contribution is 0.0689. The molecule has 9 nitrogen and oxygen atoms in total. The molecular weight excluding hydrogens is 403 g/mol. The minimum Gasteiger partial charge on any atom is -0.493 e. The Labute approximate surface area is 175 Å². The van der Waals surface area contributed by atoms with Gasteiger partial charge in [-0.15, -0.1) is 0 Å². The number of aromatic nitrogens is 5. The van der Waals surface area contributed by atoms with Gasteiger partial charge in [-0.1, -0.05) is 0 Å². The van der Waals surface area contributed by atoms with E-state index in [4.69, 9.17) is 4.74 Å². The van der Waals surface area contributed by atoms with Crippen LogP contribution in [0.5, 0.6) is 5.75 Å². The number of aryl methyl sites for hydroxylation is 1. The van der Waals surface area contributed by atoms with Crippen molar-refractivity contribution in [3.8, 4) is 17.0 Å². The number of ether oxygens (including phenoxy) is 1. The zero-order valence-electron chi connectivity index (χ0n) is 16.7. The molecule has 0 radical (unpaired) electrons. The van der Waals surface area contributed by atoms with E-state index in [1.54, 1.807) is 43.7 Å². The molecule has 1 aliphatic rings. The molecule has 156 valence electrons. The van der Waals surface area contributed by atoms with Crippen molar-refractivity contribution in [1.29, 1.82) is 0 Å². The van der Waals surface area contributed by atoms with Gasteiger partial charge in [0.15, 0.2) is 5.69 Å². The molecule has 0 atom stereocenters. The number of nitrogens with zero attached hydrogens (tertiary/aromatic N) is 6. The fourth-order valence-electron chi connectivity index (χ4n) is 3.97. The van der Waals surface area contributed by atoms with Crippen molar-refractivity contribution in [2.75, 3.05) is 18.6 Å². The number of fused-ring (bicyclic) bond motifs is 2. The number of aromatic carboxylic acids is 1. The van der Waals surface area contributed by atoms with Gasteiger partial charge in [-0.25, -0.2) is 14.2 Å². The summed E-state index contributed by atoms with van der Waals surface area (Å²) in [5.41, 5.74) is 2.34. The molecule has 0 aliphatic carbocycles. The molecule has 0 saturated carbocycles. The van der Waals surface area contributed by atoms with Gasteiger partial charge >= 0.3 is 5.97 Å². The van der Waals surface area contributed by atoms with Crippen molar-refractivity contribution < 1.29 is 19.0 Å². The highest BCUT2D eigenvalue weighted by atomic mass is 19.1. The van der Waals surface area contributed by atoms with Gasteiger partial charge in [0.25, 0.3) is 0 Å². The van der Waals surface area contributed by atoms with Gasteiger partial charge in [-0.05, 0) is 18.2 Å². The SMILES string of the molecule is CN(c1c(F)ccc2c1CCO2)c1ncc(-c2cc(C(=O)O)nn2C)c2cnncc12. The van der Waals surface area contributed by atoms with Crippen LogP contribution in [0.3, 0.4) is 0 Å². The van der Waals surface area contributed by atoms with E-state index in [1.807, 2.05) is 0 Å². The van der Waals surface area contributed by atoms with E-state index in [-0.39, 0.29) is 11.5 Å². The van der Waals surface area contributed by atoms with Gasteiger partial charge < -0.3 is 14.7 Å². The molecule has 0 unspecified atom stereocenters. The molecular formula is C21H17FN6O3. The molecule has 0 fully saturated rings. The summed E-state index contributed by atoms with van der Waals surface area (Å²) in [6.07, 6.45) is 5.35. The smallest absolute Gasteiger partial charge is 0.356 e. The maximum Gasteiger partial charge on any atom is 0.356 e. The first-order chi connectivity index (χ1) is 15.0. The molecule has 0 bridgehead atoms. The molecule has 0 spiro atoms. The molecule has 0 saturated heterocycles. The average molecular weight is 420 g/mol. The minimum absolute atomic E-state index is 0.0734. The highest BCUT2D eigenvalue weighted by molar-refractivity contribution is 6.02. The third kappa shape index (κ3) is 2.95. The third-order valence-electron chi connectivity index (χ3n) is 5.41. The number of hydrogen-bond donors (Lipinski definition) is 1. The van der Waals surface area contributed by atoms with Crippen LogP contribution in [0.15, 0.2) is 36.8 Å². The van der Waals surface area contributed by atoms with Crippen LogP contribution in [0.25, 0.3) is 22.0 Å². The summed E-state index contributed by atoms with van der Waals surface area (Å²) >= 11 is 0. The molecule has 4 aromatic rings. The van der Waals surface area contributed by atoms with Gasteiger partial charge in [0, 0.05) is 48.6 Å². The quantitative estimate of drug-likeness (QED) is 0.537. The first kappa shape index (κ1) is 18.9. The van der Waals surface area contributed by atoms with Crippen LogP contribution in [-0.4, -0.2) is 49.7 Å². The molecule has 0 amide bonds. The van der Waals surface area contributed by atoms with Crippen molar-refractivity contribution >= 4 is 28.2 Å². The molecule has 3 aromatic heterocycles. The molecule has 1 aromatic carbocycles. The summed E-state index contributed by atoms with van der Waals surface area (Å²) in [4.78, 5) is 17.6. The zero-order chi connectivity index (χ0) is 21.7. The Morgan fingerprint density at radius 2 is 2.00 bits per heavy atom. The molecule has 31 heavy (non-hydrogen) atoms. The first-order valence-corrected chi connectivity index (χ1v) is 9.50. The van der Waals surface area contributed by atoms with Crippen molar-refractivity contribution in [2.45, 2.75) is 6.42 Å². The Morgan fingerprint density at radius 3 is 2.74 bits per heavy atom. The van der Waals surface area contributed by atoms with Gasteiger partial charge in [-0.3, -0.25) is 4.68 Å². The Kier molecular flexibility index (Phi) is 4.28. The van der Waals surface area contributed by atoms with Crippen LogP contribution in [0, 0.1) is 5.82 Å². The number of carbonyl (C=O) groups is 1. The van der Waals surface area contributed by atoms with E-state index in [2.05, 4.69) is 20.3 Å². The number of carboxylic acids is 1. The summed E-state index contributed by atoms with van der Waals surface area (Å²) in [6, 6.07) is 4.50. The summed E-state index contributed by atoms with van der Waals surface area (Å²) in [6.45, 7) is 0.505. The predicted molar refractivity (Wildman–Crippen MR) is 110 cm³/mol. The van der Waals surface area contributed by atoms with Gasteiger partial charge in [-0.2, -0.15) is 15.3 Å². The fourth-order valence-corrected chi connectivity index (χ4v) is 3.97. The highest BCUT2D eigenvalue weighted by Gasteiger charge is 2.25. The van der Waals surface area contributed by atoms with Crippen LogP contribution in [0.1, 0.15) is 16.1 Å². The lowest BCUT2D eigenvalue weighted by Gasteiger charge is -2.23. The monoisotopic (exact) mass is 420 g/mol.